The van der Waals surface area contributed by atoms with E-state index >= 15 is 0 Å². The summed E-state index contributed by atoms with van der Waals surface area (Å²) in [5.74, 6) is 1.12. The maximum absolute atomic E-state index is 9.82. The van der Waals surface area contributed by atoms with Crippen LogP contribution in [0, 0.1) is 0 Å². The van der Waals surface area contributed by atoms with Gasteiger partial charge < -0.3 is 15.6 Å². The Bertz CT molecular complexity index is 594. The van der Waals surface area contributed by atoms with Crippen molar-refractivity contribution in [1.82, 2.24) is 9.97 Å². The Morgan fingerprint density at radius 2 is 2.12 bits per heavy atom. The number of benzene rings is 1. The fourth-order valence-electron chi connectivity index (χ4n) is 1.85. The number of nitrogens with zero attached hydrogens (tertiary/aromatic N) is 2. The summed E-state index contributed by atoms with van der Waals surface area (Å²) in [4.78, 5) is 8.68. The lowest BCUT2D eigenvalue weighted by molar-refractivity contribution is 0.398. The number of para-hydroxylation sites is 1. The summed E-state index contributed by atoms with van der Waals surface area (Å²) in [6.07, 6.45) is 1.74. The van der Waals surface area contributed by atoms with Gasteiger partial charge in [-0.25, -0.2) is 4.98 Å². The molecule has 3 rings (SSSR count). The fourth-order valence-corrected chi connectivity index (χ4v) is 1.85. The first-order chi connectivity index (χ1) is 8.14. The van der Waals surface area contributed by atoms with Crippen molar-refractivity contribution in [2.45, 2.75) is 18.4 Å². The molecule has 0 bridgehead atoms. The zero-order valence-corrected chi connectivity index (χ0v) is 9.47. The standard InChI is InChI=1S/C12H13N3O2/c1-17-10-7-3-2-4-8(16)9(7)14-11(15-10)12(13)5-6-12/h2-4,16H,5-6,13H2,1H3. The second-order valence-corrected chi connectivity index (χ2v) is 4.39. The Morgan fingerprint density at radius 3 is 2.76 bits per heavy atom. The Hall–Kier alpha value is -1.88. The first kappa shape index (κ1) is 10.3. The molecule has 17 heavy (non-hydrogen) atoms. The van der Waals surface area contributed by atoms with E-state index in [2.05, 4.69) is 9.97 Å². The maximum Gasteiger partial charge on any atom is 0.224 e. The number of rotatable bonds is 2. The summed E-state index contributed by atoms with van der Waals surface area (Å²) in [6.45, 7) is 0. The van der Waals surface area contributed by atoms with Crippen molar-refractivity contribution in [3.8, 4) is 11.6 Å². The van der Waals surface area contributed by atoms with Crippen molar-refractivity contribution in [2.24, 2.45) is 5.73 Å². The average Bonchev–Trinajstić information content (AvgIpc) is 3.08. The quantitative estimate of drug-likeness (QED) is 0.814. The molecular weight excluding hydrogens is 218 g/mol. The van der Waals surface area contributed by atoms with Crippen molar-refractivity contribution in [1.29, 1.82) is 0 Å². The molecule has 5 nitrogen and oxygen atoms in total. The van der Waals surface area contributed by atoms with Gasteiger partial charge in [0.1, 0.15) is 11.3 Å². The average molecular weight is 231 g/mol. The maximum atomic E-state index is 9.82. The van der Waals surface area contributed by atoms with Gasteiger partial charge in [-0.1, -0.05) is 6.07 Å². The first-order valence-electron chi connectivity index (χ1n) is 5.47. The topological polar surface area (TPSA) is 81.3 Å². The third-order valence-electron chi connectivity index (χ3n) is 3.10. The molecule has 1 saturated carbocycles. The number of fused-ring (bicyclic) bond motifs is 1. The molecule has 0 spiro atoms. The smallest absolute Gasteiger partial charge is 0.224 e. The van der Waals surface area contributed by atoms with E-state index in [1.54, 1.807) is 19.2 Å². The SMILES string of the molecule is COc1nc(C2(N)CC2)nc2c(O)cccc12. The van der Waals surface area contributed by atoms with Crippen LogP contribution in [-0.2, 0) is 5.54 Å². The number of methoxy groups -OCH3 is 1. The number of ether oxygens (including phenoxy) is 1. The number of phenolic OH excluding ortho intramolecular Hbond substituents is 1. The van der Waals surface area contributed by atoms with E-state index in [0.29, 0.717) is 22.6 Å². The minimum Gasteiger partial charge on any atom is -0.506 e. The Labute approximate surface area is 98.3 Å². The van der Waals surface area contributed by atoms with E-state index in [0.717, 1.165) is 12.8 Å². The molecule has 3 N–H and O–H groups in total. The third-order valence-corrected chi connectivity index (χ3v) is 3.10. The minimum atomic E-state index is -0.441. The van der Waals surface area contributed by atoms with Crippen molar-refractivity contribution in [3.05, 3.63) is 24.0 Å². The number of hydrogen-bond donors (Lipinski definition) is 2. The highest BCUT2D eigenvalue weighted by atomic mass is 16.5. The molecule has 1 aromatic heterocycles. The second kappa shape index (κ2) is 3.30. The second-order valence-electron chi connectivity index (χ2n) is 4.39. The number of aromatic hydroxyl groups is 1. The molecule has 2 aromatic rings. The van der Waals surface area contributed by atoms with Crippen molar-refractivity contribution >= 4 is 10.9 Å². The van der Waals surface area contributed by atoms with Crippen molar-refractivity contribution < 1.29 is 9.84 Å². The summed E-state index contributed by atoms with van der Waals surface area (Å²) in [5.41, 5.74) is 6.12. The number of aromatic nitrogens is 2. The van der Waals surface area contributed by atoms with Crippen LogP contribution in [0.1, 0.15) is 18.7 Å². The Kier molecular flexibility index (Phi) is 2.00. The Balaban J connectivity index is 2.31. The minimum absolute atomic E-state index is 0.119. The van der Waals surface area contributed by atoms with Crippen LogP contribution in [0.5, 0.6) is 11.6 Å². The van der Waals surface area contributed by atoms with Gasteiger partial charge in [0, 0.05) is 0 Å². The van der Waals surface area contributed by atoms with Gasteiger partial charge in [-0.2, -0.15) is 4.98 Å². The third kappa shape index (κ3) is 1.51. The van der Waals surface area contributed by atoms with Crippen LogP contribution in [0.15, 0.2) is 18.2 Å². The van der Waals surface area contributed by atoms with Crippen molar-refractivity contribution in [3.63, 3.8) is 0 Å². The lowest BCUT2D eigenvalue weighted by Gasteiger charge is -2.11. The predicted molar refractivity (Wildman–Crippen MR) is 62.9 cm³/mol. The lowest BCUT2D eigenvalue weighted by atomic mass is 10.2. The molecule has 0 saturated heterocycles. The van der Waals surface area contributed by atoms with Crippen LogP contribution in [-0.4, -0.2) is 22.2 Å². The number of hydrogen-bond acceptors (Lipinski definition) is 5. The van der Waals surface area contributed by atoms with Crippen LogP contribution in [0.2, 0.25) is 0 Å². The molecular formula is C12H13N3O2. The van der Waals surface area contributed by atoms with E-state index in [1.807, 2.05) is 6.07 Å². The summed E-state index contributed by atoms with van der Waals surface area (Å²) < 4.78 is 5.23. The fraction of sp³-hybridized carbons (Fsp3) is 0.333. The monoisotopic (exact) mass is 231 g/mol. The summed E-state index contributed by atoms with van der Waals surface area (Å²) >= 11 is 0. The first-order valence-corrected chi connectivity index (χ1v) is 5.47. The van der Waals surface area contributed by atoms with Gasteiger partial charge in [0.2, 0.25) is 5.88 Å². The predicted octanol–water partition coefficient (Wildman–Crippen LogP) is 1.29. The molecule has 1 aromatic carbocycles. The zero-order chi connectivity index (χ0) is 12.0. The van der Waals surface area contributed by atoms with Crippen LogP contribution in [0.4, 0.5) is 0 Å². The number of phenols is 1. The molecule has 0 aliphatic heterocycles. The highest BCUT2D eigenvalue weighted by molar-refractivity contribution is 5.88. The van der Waals surface area contributed by atoms with Gasteiger partial charge >= 0.3 is 0 Å². The van der Waals surface area contributed by atoms with Crippen LogP contribution in [0.3, 0.4) is 0 Å². The van der Waals surface area contributed by atoms with Gasteiger partial charge in [0.05, 0.1) is 18.0 Å². The van der Waals surface area contributed by atoms with Gasteiger partial charge in [-0.05, 0) is 25.0 Å². The van der Waals surface area contributed by atoms with Gasteiger partial charge in [-0.3, -0.25) is 0 Å². The number of nitrogens with two attached hydrogens (primary N) is 1. The summed E-state index contributed by atoms with van der Waals surface area (Å²) in [6, 6.07) is 5.14. The largest absolute Gasteiger partial charge is 0.506 e. The summed E-state index contributed by atoms with van der Waals surface area (Å²) in [7, 11) is 1.55. The van der Waals surface area contributed by atoms with Gasteiger partial charge in [0.15, 0.2) is 5.82 Å². The molecule has 88 valence electrons. The highest BCUT2D eigenvalue weighted by Gasteiger charge is 2.43. The van der Waals surface area contributed by atoms with E-state index < -0.39 is 5.54 Å². The molecule has 1 aliphatic rings. The normalized spacial score (nSPS) is 17.1. The molecule has 0 amide bonds. The zero-order valence-electron chi connectivity index (χ0n) is 9.47. The molecule has 5 heteroatoms. The highest BCUT2D eigenvalue weighted by Crippen LogP contribution is 2.42. The van der Waals surface area contributed by atoms with Crippen LogP contribution < -0.4 is 10.5 Å². The molecule has 1 heterocycles. The Morgan fingerprint density at radius 1 is 1.35 bits per heavy atom. The van der Waals surface area contributed by atoms with E-state index in [1.165, 1.54) is 0 Å². The van der Waals surface area contributed by atoms with E-state index in [9.17, 15) is 5.11 Å². The molecule has 1 fully saturated rings. The van der Waals surface area contributed by atoms with E-state index in [-0.39, 0.29) is 5.75 Å². The van der Waals surface area contributed by atoms with Crippen LogP contribution >= 0.6 is 0 Å². The van der Waals surface area contributed by atoms with Gasteiger partial charge in [0.25, 0.3) is 0 Å². The summed E-state index contributed by atoms with van der Waals surface area (Å²) in [5, 5.41) is 10.5. The molecule has 0 atom stereocenters. The molecule has 1 aliphatic carbocycles. The lowest BCUT2D eigenvalue weighted by Crippen LogP contribution is -2.22. The van der Waals surface area contributed by atoms with Crippen LogP contribution in [0.25, 0.3) is 10.9 Å². The van der Waals surface area contributed by atoms with Gasteiger partial charge in [-0.15, -0.1) is 0 Å². The molecule has 0 unspecified atom stereocenters. The van der Waals surface area contributed by atoms with Crippen molar-refractivity contribution in [2.75, 3.05) is 7.11 Å². The van der Waals surface area contributed by atoms with E-state index in [4.69, 9.17) is 10.5 Å². The molecule has 0 radical (unpaired) electrons.